The summed E-state index contributed by atoms with van der Waals surface area (Å²) >= 11 is 8.83. The second kappa shape index (κ2) is 6.89. The molecule has 0 saturated heterocycles. The van der Waals surface area contributed by atoms with Gasteiger partial charge in [-0.3, -0.25) is 25.0 Å². The largest absolute Gasteiger partial charge is 0.319 e. The Kier molecular flexibility index (Phi) is 5.10. The molecule has 0 aliphatic carbocycles. The number of carbonyl (C=O) groups excluding carboxylic acids is 1. The molecule has 2 rings (SSSR count). The number of nitrogens with one attached hydrogen (secondary N) is 1. The predicted molar refractivity (Wildman–Crippen MR) is 86.8 cm³/mol. The molecule has 24 heavy (non-hydrogen) atoms. The molecule has 2 aromatic rings. The molecule has 0 aliphatic heterocycles. The van der Waals surface area contributed by atoms with Crippen molar-refractivity contribution in [2.24, 2.45) is 0 Å². The minimum Gasteiger partial charge on any atom is -0.319 e. The van der Waals surface area contributed by atoms with Crippen LogP contribution in [0.2, 0.25) is 5.02 Å². The van der Waals surface area contributed by atoms with E-state index < -0.39 is 43.5 Å². The molecule has 0 radical (unpaired) electrons. The Balaban J connectivity index is 2.48. The average Bonchev–Trinajstić information content (AvgIpc) is 2.49. The Bertz CT molecular complexity index is 877. The number of hydrogen-bond donors (Lipinski definition) is 1. The summed E-state index contributed by atoms with van der Waals surface area (Å²) in [5.74, 6) is -1.79. The molecule has 0 spiro atoms. The fourth-order valence-corrected chi connectivity index (χ4v) is 2.38. The van der Waals surface area contributed by atoms with Crippen LogP contribution in [-0.4, -0.2) is 15.8 Å². The second-order valence-corrected chi connectivity index (χ2v) is 5.71. The third kappa shape index (κ3) is 3.66. The first-order valence-corrected chi connectivity index (χ1v) is 7.26. The van der Waals surface area contributed by atoms with E-state index >= 15 is 0 Å². The Labute approximate surface area is 146 Å². The molecular formula is C13H6BrClFN3O5. The molecule has 8 nitrogen and oxygen atoms in total. The summed E-state index contributed by atoms with van der Waals surface area (Å²) in [6, 6.07) is 5.21. The van der Waals surface area contributed by atoms with E-state index in [2.05, 4.69) is 21.2 Å². The summed E-state index contributed by atoms with van der Waals surface area (Å²) in [4.78, 5) is 32.1. The Morgan fingerprint density at radius 3 is 2.38 bits per heavy atom. The zero-order chi connectivity index (χ0) is 18.0. The van der Waals surface area contributed by atoms with Gasteiger partial charge in [-0.2, -0.15) is 0 Å². The number of amides is 1. The van der Waals surface area contributed by atoms with Crippen LogP contribution in [0.15, 0.2) is 34.8 Å². The van der Waals surface area contributed by atoms with Crippen LogP contribution in [0.3, 0.4) is 0 Å². The summed E-state index contributed by atoms with van der Waals surface area (Å²) < 4.78 is 14.2. The topological polar surface area (TPSA) is 115 Å². The molecule has 1 amide bonds. The van der Waals surface area contributed by atoms with E-state index in [1.807, 2.05) is 0 Å². The minimum atomic E-state index is -1.02. The number of halogens is 3. The zero-order valence-corrected chi connectivity index (χ0v) is 13.8. The normalized spacial score (nSPS) is 10.3. The van der Waals surface area contributed by atoms with Crippen LogP contribution >= 0.6 is 27.5 Å². The third-order valence-electron chi connectivity index (χ3n) is 2.87. The van der Waals surface area contributed by atoms with E-state index in [9.17, 15) is 29.4 Å². The molecule has 11 heteroatoms. The van der Waals surface area contributed by atoms with Crippen LogP contribution in [0.1, 0.15) is 10.4 Å². The summed E-state index contributed by atoms with van der Waals surface area (Å²) in [5.41, 5.74) is -2.21. The van der Waals surface area contributed by atoms with Gasteiger partial charge in [-0.15, -0.1) is 0 Å². The SMILES string of the molecule is O=C(Nc1ccc(Br)cc1F)c1cc([N+](=O)[O-])cc([N+](=O)[O-])c1Cl. The highest BCUT2D eigenvalue weighted by Gasteiger charge is 2.26. The molecular weight excluding hydrogens is 413 g/mol. The smallest absolute Gasteiger partial charge is 0.295 e. The summed E-state index contributed by atoms with van der Waals surface area (Å²) in [7, 11) is 0. The van der Waals surface area contributed by atoms with Gasteiger partial charge in [-0.05, 0) is 18.2 Å². The van der Waals surface area contributed by atoms with Crippen molar-refractivity contribution in [2.75, 3.05) is 5.32 Å². The fraction of sp³-hybridized carbons (Fsp3) is 0. The van der Waals surface area contributed by atoms with E-state index in [4.69, 9.17) is 11.6 Å². The number of anilines is 1. The van der Waals surface area contributed by atoms with E-state index in [1.54, 1.807) is 0 Å². The standard InChI is InChI=1S/C13H6BrClFN3O5/c14-6-1-2-10(9(16)3-6)17-13(20)8-4-7(18(21)22)5-11(12(8)15)19(23)24/h1-5H,(H,17,20). The zero-order valence-electron chi connectivity index (χ0n) is 11.5. The van der Waals surface area contributed by atoms with E-state index in [0.29, 0.717) is 10.5 Å². The van der Waals surface area contributed by atoms with Gasteiger partial charge in [0.2, 0.25) is 0 Å². The maximum atomic E-state index is 13.7. The fourth-order valence-electron chi connectivity index (χ4n) is 1.78. The number of hydrogen-bond acceptors (Lipinski definition) is 5. The molecule has 0 aliphatic rings. The first-order chi connectivity index (χ1) is 11.2. The highest BCUT2D eigenvalue weighted by molar-refractivity contribution is 9.10. The van der Waals surface area contributed by atoms with Gasteiger partial charge in [-0.1, -0.05) is 27.5 Å². The maximum Gasteiger partial charge on any atom is 0.295 e. The highest BCUT2D eigenvalue weighted by atomic mass is 79.9. The first kappa shape index (κ1) is 17.8. The quantitative estimate of drug-likeness (QED) is 0.587. The van der Waals surface area contributed by atoms with Crippen LogP contribution in [-0.2, 0) is 0 Å². The Morgan fingerprint density at radius 2 is 1.83 bits per heavy atom. The number of nitro groups is 2. The summed E-state index contributed by atoms with van der Waals surface area (Å²) in [6.07, 6.45) is 0. The molecule has 0 saturated carbocycles. The average molecular weight is 419 g/mol. The lowest BCUT2D eigenvalue weighted by atomic mass is 10.1. The van der Waals surface area contributed by atoms with E-state index in [-0.39, 0.29) is 5.69 Å². The van der Waals surface area contributed by atoms with Crippen molar-refractivity contribution < 1.29 is 19.0 Å². The number of benzene rings is 2. The number of nitro benzene ring substituents is 2. The number of non-ortho nitro benzene ring substituents is 1. The van der Waals surface area contributed by atoms with Gasteiger partial charge in [0.15, 0.2) is 0 Å². The lowest BCUT2D eigenvalue weighted by molar-refractivity contribution is -0.394. The second-order valence-electron chi connectivity index (χ2n) is 4.42. The highest BCUT2D eigenvalue weighted by Crippen LogP contribution is 2.33. The van der Waals surface area contributed by atoms with Crippen molar-refractivity contribution >= 4 is 50.5 Å². The van der Waals surface area contributed by atoms with Crippen molar-refractivity contribution in [3.8, 4) is 0 Å². The van der Waals surface area contributed by atoms with Gasteiger partial charge in [0.05, 0.1) is 27.2 Å². The molecule has 0 atom stereocenters. The Hall–Kier alpha value is -2.59. The van der Waals surface area contributed by atoms with Gasteiger partial charge >= 0.3 is 0 Å². The third-order valence-corrected chi connectivity index (χ3v) is 3.76. The van der Waals surface area contributed by atoms with Gasteiger partial charge in [0, 0.05) is 10.5 Å². The molecule has 124 valence electrons. The molecule has 0 bridgehead atoms. The predicted octanol–water partition coefficient (Wildman–Crippen LogP) is 4.31. The summed E-state index contributed by atoms with van der Waals surface area (Å²) in [6.45, 7) is 0. The molecule has 0 heterocycles. The van der Waals surface area contributed by atoms with Crippen LogP contribution in [0.25, 0.3) is 0 Å². The van der Waals surface area contributed by atoms with Crippen molar-refractivity contribution in [3.63, 3.8) is 0 Å². The van der Waals surface area contributed by atoms with E-state index in [1.165, 1.54) is 12.1 Å². The van der Waals surface area contributed by atoms with Crippen molar-refractivity contribution in [1.82, 2.24) is 0 Å². The van der Waals surface area contributed by atoms with Crippen molar-refractivity contribution in [3.05, 3.63) is 71.4 Å². The molecule has 0 unspecified atom stereocenters. The molecule has 2 aromatic carbocycles. The molecule has 0 aromatic heterocycles. The number of carbonyl (C=O) groups is 1. The maximum absolute atomic E-state index is 13.7. The molecule has 0 fully saturated rings. The monoisotopic (exact) mass is 417 g/mol. The van der Waals surface area contributed by atoms with Crippen molar-refractivity contribution in [1.29, 1.82) is 0 Å². The van der Waals surface area contributed by atoms with Gasteiger partial charge in [0.25, 0.3) is 17.3 Å². The summed E-state index contributed by atoms with van der Waals surface area (Å²) in [5, 5.41) is 23.4. The van der Waals surface area contributed by atoms with Crippen LogP contribution in [0, 0.1) is 26.0 Å². The lowest BCUT2D eigenvalue weighted by Crippen LogP contribution is -2.14. The van der Waals surface area contributed by atoms with Gasteiger partial charge in [0.1, 0.15) is 10.8 Å². The minimum absolute atomic E-state index is 0.214. The van der Waals surface area contributed by atoms with Gasteiger partial charge < -0.3 is 5.32 Å². The molecule has 1 N–H and O–H groups in total. The van der Waals surface area contributed by atoms with Crippen LogP contribution < -0.4 is 5.32 Å². The number of nitrogens with zero attached hydrogens (tertiary/aromatic N) is 2. The van der Waals surface area contributed by atoms with Crippen LogP contribution in [0.4, 0.5) is 21.5 Å². The lowest BCUT2D eigenvalue weighted by Gasteiger charge is -2.08. The van der Waals surface area contributed by atoms with E-state index in [0.717, 1.165) is 12.1 Å². The van der Waals surface area contributed by atoms with Gasteiger partial charge in [-0.25, -0.2) is 4.39 Å². The number of rotatable bonds is 4. The van der Waals surface area contributed by atoms with Crippen LogP contribution in [0.5, 0.6) is 0 Å². The Morgan fingerprint density at radius 1 is 1.17 bits per heavy atom. The first-order valence-electron chi connectivity index (χ1n) is 6.09. The van der Waals surface area contributed by atoms with Crippen molar-refractivity contribution in [2.45, 2.75) is 0 Å².